The van der Waals surface area contributed by atoms with Crippen molar-refractivity contribution in [2.45, 2.75) is 12.1 Å². The van der Waals surface area contributed by atoms with Crippen molar-refractivity contribution in [1.82, 2.24) is 15.2 Å². The smallest absolute Gasteiger partial charge is 0.291 e. The zero-order valence-electron chi connectivity index (χ0n) is 13.8. The number of hydrogen-bond donors (Lipinski definition) is 1. The maximum atomic E-state index is 12.7. The van der Waals surface area contributed by atoms with E-state index in [-0.39, 0.29) is 11.4 Å². The topological polar surface area (TPSA) is 82.4 Å². The van der Waals surface area contributed by atoms with E-state index in [1.807, 2.05) is 0 Å². The van der Waals surface area contributed by atoms with Crippen LogP contribution in [0.2, 0.25) is 10.0 Å². The predicted molar refractivity (Wildman–Crippen MR) is 96.0 cm³/mol. The van der Waals surface area contributed by atoms with Crippen molar-refractivity contribution in [3.8, 4) is 17.3 Å². The fraction of sp³-hybridized carbons (Fsp3) is 0.111. The van der Waals surface area contributed by atoms with Crippen LogP contribution in [-0.2, 0) is 6.18 Å². The van der Waals surface area contributed by atoms with Crippen LogP contribution in [-0.4, -0.2) is 21.0 Å². The second-order valence-corrected chi connectivity index (χ2v) is 6.54. The quantitative estimate of drug-likeness (QED) is 0.576. The molecule has 0 fully saturated rings. The Labute approximate surface area is 166 Å². The van der Waals surface area contributed by atoms with Crippen molar-refractivity contribution >= 4 is 29.0 Å². The molecular formula is C18H9Cl2F3N4O. The van der Waals surface area contributed by atoms with Crippen molar-refractivity contribution in [3.05, 3.63) is 69.6 Å². The van der Waals surface area contributed by atoms with Crippen LogP contribution < -0.4 is 0 Å². The molecule has 1 N–H and O–H groups in total. The molecule has 2 heterocycles. The molecule has 1 atom stereocenters. The molecule has 1 aromatic carbocycles. The van der Waals surface area contributed by atoms with E-state index in [1.54, 1.807) is 30.3 Å². The van der Waals surface area contributed by atoms with Gasteiger partial charge in [0.1, 0.15) is 5.69 Å². The van der Waals surface area contributed by atoms with Gasteiger partial charge >= 0.3 is 6.18 Å². The van der Waals surface area contributed by atoms with Crippen LogP contribution in [0.4, 0.5) is 13.2 Å². The maximum Gasteiger partial charge on any atom is 0.417 e. The van der Waals surface area contributed by atoms with Crippen LogP contribution in [0.25, 0.3) is 11.3 Å². The molecule has 1 unspecified atom stereocenters. The monoisotopic (exact) mass is 424 g/mol. The Kier molecular flexibility index (Phi) is 5.40. The lowest BCUT2D eigenvalue weighted by Crippen LogP contribution is -2.15. The molecule has 5 nitrogen and oxygen atoms in total. The van der Waals surface area contributed by atoms with Crippen molar-refractivity contribution in [2.24, 2.45) is 0 Å². The van der Waals surface area contributed by atoms with Gasteiger partial charge in [-0.25, -0.2) is 0 Å². The second-order valence-electron chi connectivity index (χ2n) is 5.69. The van der Waals surface area contributed by atoms with Gasteiger partial charge < -0.3 is 0 Å². The van der Waals surface area contributed by atoms with E-state index >= 15 is 0 Å². The van der Waals surface area contributed by atoms with Gasteiger partial charge in [0.15, 0.2) is 5.92 Å². The lowest BCUT2D eigenvalue weighted by molar-refractivity contribution is -0.137. The van der Waals surface area contributed by atoms with E-state index in [9.17, 15) is 23.2 Å². The molecule has 0 aliphatic carbocycles. The number of carbonyl (C=O) groups is 1. The minimum atomic E-state index is -4.64. The minimum Gasteiger partial charge on any atom is -0.291 e. The number of ketones is 1. The third-order valence-corrected chi connectivity index (χ3v) is 4.36. The summed E-state index contributed by atoms with van der Waals surface area (Å²) >= 11 is 11.8. The Balaban J connectivity index is 1.92. The summed E-state index contributed by atoms with van der Waals surface area (Å²) in [7, 11) is 0. The Morgan fingerprint density at radius 1 is 1.21 bits per heavy atom. The Morgan fingerprint density at radius 3 is 2.57 bits per heavy atom. The van der Waals surface area contributed by atoms with E-state index in [4.69, 9.17) is 23.2 Å². The highest BCUT2D eigenvalue weighted by atomic mass is 35.5. The molecule has 0 spiro atoms. The molecule has 0 aliphatic rings. The summed E-state index contributed by atoms with van der Waals surface area (Å²) in [5.74, 6) is -2.22. The van der Waals surface area contributed by atoms with Crippen molar-refractivity contribution in [3.63, 3.8) is 0 Å². The van der Waals surface area contributed by atoms with Gasteiger partial charge in [0, 0.05) is 16.8 Å². The first-order chi connectivity index (χ1) is 13.2. The largest absolute Gasteiger partial charge is 0.417 e. The molecule has 0 radical (unpaired) electrons. The lowest BCUT2D eigenvalue weighted by Gasteiger charge is -2.11. The highest BCUT2D eigenvalue weighted by Gasteiger charge is 2.33. The summed E-state index contributed by atoms with van der Waals surface area (Å²) in [6.07, 6.45) is -4.11. The predicted octanol–water partition coefficient (Wildman–Crippen LogP) is 5.29. The standard InChI is InChI=1S/C18H9Cl2F3N4O/c19-11-3-1-2-9(4-11)14-6-15(27-26-14)17(28)12(7-24)16-13(20)5-10(8-25-16)18(21,22)23/h1-6,8,12H,(H,26,27). The number of nitriles is 1. The number of H-pyrrole nitrogens is 1. The molecular weight excluding hydrogens is 416 g/mol. The van der Waals surface area contributed by atoms with Gasteiger partial charge in [-0.1, -0.05) is 35.3 Å². The Morgan fingerprint density at radius 2 is 1.96 bits per heavy atom. The molecule has 3 rings (SSSR count). The van der Waals surface area contributed by atoms with Gasteiger partial charge in [-0.15, -0.1) is 0 Å². The number of aromatic amines is 1. The molecule has 3 aromatic rings. The van der Waals surface area contributed by atoms with Gasteiger partial charge in [-0.2, -0.15) is 23.5 Å². The average Bonchev–Trinajstić information content (AvgIpc) is 3.13. The van der Waals surface area contributed by atoms with Gasteiger partial charge in [-0.3, -0.25) is 14.9 Å². The molecule has 2 aromatic heterocycles. The SMILES string of the molecule is N#CC(C(=O)c1cc(-c2cccc(Cl)c2)n[nH]1)c1ncc(C(F)(F)F)cc1Cl. The average molecular weight is 425 g/mol. The van der Waals surface area contributed by atoms with E-state index in [0.717, 1.165) is 0 Å². The Bertz CT molecular complexity index is 1090. The van der Waals surface area contributed by atoms with Crippen LogP contribution in [0.3, 0.4) is 0 Å². The van der Waals surface area contributed by atoms with Crippen LogP contribution in [0.1, 0.15) is 27.7 Å². The normalized spacial score (nSPS) is 12.4. The van der Waals surface area contributed by atoms with E-state index in [0.29, 0.717) is 28.5 Å². The first-order valence-corrected chi connectivity index (χ1v) is 8.44. The van der Waals surface area contributed by atoms with E-state index in [1.165, 1.54) is 6.07 Å². The summed E-state index contributed by atoms with van der Waals surface area (Å²) in [4.78, 5) is 16.3. The summed E-state index contributed by atoms with van der Waals surface area (Å²) < 4.78 is 38.2. The highest BCUT2D eigenvalue weighted by molar-refractivity contribution is 6.31. The molecule has 0 amide bonds. The van der Waals surface area contributed by atoms with Gasteiger partial charge in [0.25, 0.3) is 0 Å². The number of Topliss-reactive ketones (excluding diaryl/α,β-unsaturated/α-hetero) is 1. The number of alkyl halides is 3. The number of aromatic nitrogens is 3. The van der Waals surface area contributed by atoms with Crippen LogP contribution in [0.15, 0.2) is 42.6 Å². The fourth-order valence-corrected chi connectivity index (χ4v) is 2.92. The number of halogens is 5. The second kappa shape index (κ2) is 7.62. The molecule has 28 heavy (non-hydrogen) atoms. The van der Waals surface area contributed by atoms with Crippen molar-refractivity contribution in [1.29, 1.82) is 5.26 Å². The maximum absolute atomic E-state index is 12.7. The molecule has 142 valence electrons. The first-order valence-electron chi connectivity index (χ1n) is 7.68. The number of hydrogen-bond acceptors (Lipinski definition) is 4. The summed E-state index contributed by atoms with van der Waals surface area (Å²) in [5, 5.41) is 16.0. The number of rotatable bonds is 4. The number of pyridine rings is 1. The number of nitrogens with zero attached hydrogens (tertiary/aromatic N) is 3. The third-order valence-electron chi connectivity index (χ3n) is 3.83. The van der Waals surface area contributed by atoms with Gasteiger partial charge in [0.05, 0.1) is 28.0 Å². The van der Waals surface area contributed by atoms with Gasteiger partial charge in [0.2, 0.25) is 5.78 Å². The highest BCUT2D eigenvalue weighted by Crippen LogP contribution is 2.33. The number of carbonyl (C=O) groups excluding carboxylic acids is 1. The molecule has 0 aliphatic heterocycles. The molecule has 0 saturated heterocycles. The number of benzene rings is 1. The zero-order chi connectivity index (χ0) is 20.5. The van der Waals surface area contributed by atoms with Crippen LogP contribution in [0.5, 0.6) is 0 Å². The Hall–Kier alpha value is -2.89. The van der Waals surface area contributed by atoms with Crippen LogP contribution in [0, 0.1) is 11.3 Å². The van der Waals surface area contributed by atoms with Gasteiger partial charge in [-0.05, 0) is 24.3 Å². The molecule has 10 heteroatoms. The number of nitrogens with one attached hydrogen (secondary N) is 1. The molecule has 0 bridgehead atoms. The minimum absolute atomic E-state index is 0.0145. The summed E-state index contributed by atoms with van der Waals surface area (Å²) in [6, 6.07) is 10.5. The fourth-order valence-electron chi connectivity index (χ4n) is 2.46. The van der Waals surface area contributed by atoms with Crippen molar-refractivity contribution < 1.29 is 18.0 Å². The summed E-state index contributed by atoms with van der Waals surface area (Å²) in [6.45, 7) is 0. The molecule has 0 saturated carbocycles. The zero-order valence-corrected chi connectivity index (χ0v) is 15.3. The van der Waals surface area contributed by atoms with Crippen LogP contribution >= 0.6 is 23.2 Å². The lowest BCUT2D eigenvalue weighted by atomic mass is 9.97. The van der Waals surface area contributed by atoms with Crippen molar-refractivity contribution in [2.75, 3.05) is 0 Å². The third kappa shape index (κ3) is 4.01. The summed E-state index contributed by atoms with van der Waals surface area (Å²) in [5.41, 5.74) is -0.299. The first kappa shape index (κ1) is 19.9. The van der Waals surface area contributed by atoms with E-state index in [2.05, 4.69) is 15.2 Å². The van der Waals surface area contributed by atoms with E-state index < -0.39 is 28.5 Å².